The van der Waals surface area contributed by atoms with E-state index in [1.54, 1.807) is 31.2 Å². The van der Waals surface area contributed by atoms with Gasteiger partial charge in [-0.2, -0.15) is 5.10 Å². The highest BCUT2D eigenvalue weighted by molar-refractivity contribution is 7.07. The molecule has 0 aliphatic carbocycles. The molecule has 0 unspecified atom stereocenters. The fourth-order valence-electron chi connectivity index (χ4n) is 2.66. The van der Waals surface area contributed by atoms with Crippen molar-refractivity contribution in [2.75, 3.05) is 27.4 Å². The minimum Gasteiger partial charge on any atom is -0.507 e. The molecule has 1 aromatic heterocycles. The third kappa shape index (κ3) is 4.94. The molecule has 0 bridgehead atoms. The van der Waals surface area contributed by atoms with E-state index >= 15 is 0 Å². The van der Waals surface area contributed by atoms with Gasteiger partial charge in [0.25, 0.3) is 5.91 Å². The number of aromatic nitrogens is 1. The summed E-state index contributed by atoms with van der Waals surface area (Å²) in [5.74, 6) is -0.114. The van der Waals surface area contributed by atoms with Gasteiger partial charge < -0.3 is 20.3 Å². The summed E-state index contributed by atoms with van der Waals surface area (Å²) in [6.45, 7) is 0.969. The topological polar surface area (TPSA) is 111 Å². The first kappa shape index (κ1) is 21.3. The monoisotopic (exact) mass is 426 g/mol. The van der Waals surface area contributed by atoms with Gasteiger partial charge in [-0.1, -0.05) is 0 Å². The van der Waals surface area contributed by atoms with Crippen LogP contribution in [0.15, 0.2) is 57.9 Å². The number of methoxy groups -OCH3 is 2. The molecule has 3 N–H and O–H groups in total. The van der Waals surface area contributed by atoms with E-state index in [0.717, 1.165) is 11.3 Å². The van der Waals surface area contributed by atoms with Crippen LogP contribution in [-0.4, -0.2) is 49.3 Å². The first-order valence-electron chi connectivity index (χ1n) is 9.05. The Kier molecular flexibility index (Phi) is 6.99. The van der Waals surface area contributed by atoms with Crippen LogP contribution in [-0.2, 0) is 4.74 Å². The van der Waals surface area contributed by atoms with Crippen molar-refractivity contribution < 1.29 is 19.4 Å². The van der Waals surface area contributed by atoms with E-state index in [1.165, 1.54) is 23.5 Å². The van der Waals surface area contributed by atoms with E-state index in [-0.39, 0.29) is 11.3 Å². The highest BCUT2D eigenvalue weighted by Gasteiger charge is 2.13. The molecule has 0 aliphatic rings. The summed E-state index contributed by atoms with van der Waals surface area (Å²) in [6, 6.07) is 12.2. The van der Waals surface area contributed by atoms with Crippen LogP contribution in [0.5, 0.6) is 11.5 Å². The molecule has 8 nitrogen and oxygen atoms in total. The van der Waals surface area contributed by atoms with E-state index < -0.39 is 5.91 Å². The first-order valence-corrected chi connectivity index (χ1v) is 9.93. The summed E-state index contributed by atoms with van der Waals surface area (Å²) in [5.41, 5.74) is 7.68. The zero-order valence-electron chi connectivity index (χ0n) is 16.6. The summed E-state index contributed by atoms with van der Waals surface area (Å²) >= 11 is 1.41. The smallest absolute Gasteiger partial charge is 0.252 e. The van der Waals surface area contributed by atoms with Gasteiger partial charge in [-0.3, -0.25) is 9.79 Å². The second-order valence-electron chi connectivity index (χ2n) is 6.20. The van der Waals surface area contributed by atoms with Gasteiger partial charge in [0.15, 0.2) is 0 Å². The first-order chi connectivity index (χ1) is 14.5. The zero-order chi connectivity index (χ0) is 21.5. The number of aromatic hydroxyl groups is 1. The van der Waals surface area contributed by atoms with E-state index in [0.29, 0.717) is 29.2 Å². The van der Waals surface area contributed by atoms with Crippen molar-refractivity contribution in [2.24, 2.45) is 15.8 Å². The number of primary amides is 1. The predicted octanol–water partition coefficient (Wildman–Crippen LogP) is 2.46. The molecule has 0 fully saturated rings. The van der Waals surface area contributed by atoms with Crippen LogP contribution in [0.3, 0.4) is 0 Å². The number of carbonyl (C=O) groups is 1. The van der Waals surface area contributed by atoms with Gasteiger partial charge in [0, 0.05) is 18.1 Å². The van der Waals surface area contributed by atoms with Crippen LogP contribution in [0.4, 0.5) is 0 Å². The van der Waals surface area contributed by atoms with Gasteiger partial charge in [0.1, 0.15) is 11.5 Å². The third-order valence-electron chi connectivity index (χ3n) is 4.22. The Hall–Kier alpha value is -3.43. The minimum atomic E-state index is -0.706. The number of thiazole rings is 1. The highest BCUT2D eigenvalue weighted by atomic mass is 32.1. The molecule has 1 heterocycles. The molecule has 3 aromatic rings. The quantitative estimate of drug-likeness (QED) is 0.426. The lowest BCUT2D eigenvalue weighted by molar-refractivity contribution is 0.0998. The molecule has 3 rings (SSSR count). The third-order valence-corrected chi connectivity index (χ3v) is 5.08. The standard InChI is InChI=1S/C21H22N4O4S/c1-28-10-9-23-21-25(24-12-14-3-6-16(29-2)7-4-14)18(13-30-21)15-5-8-19(26)17(11-15)20(22)27/h3-8,11-13,26H,9-10H2,1-2H3,(H2,22,27). The Morgan fingerprint density at radius 3 is 2.67 bits per heavy atom. The Balaban J connectivity index is 2.05. The maximum absolute atomic E-state index is 11.6. The fourth-order valence-corrected chi connectivity index (χ4v) is 3.52. The normalized spacial score (nSPS) is 11.9. The summed E-state index contributed by atoms with van der Waals surface area (Å²) in [4.78, 5) is 16.8. The van der Waals surface area contributed by atoms with E-state index in [9.17, 15) is 9.90 Å². The van der Waals surface area contributed by atoms with Crippen LogP contribution < -0.4 is 15.3 Å². The van der Waals surface area contributed by atoms with Crippen molar-refractivity contribution in [1.82, 2.24) is 4.68 Å². The lowest BCUT2D eigenvalue weighted by atomic mass is 10.1. The Morgan fingerprint density at radius 2 is 2.00 bits per heavy atom. The Labute approximate surface area is 177 Å². The maximum Gasteiger partial charge on any atom is 0.252 e. The molecule has 0 aliphatic heterocycles. The van der Waals surface area contributed by atoms with Crippen LogP contribution in [0, 0.1) is 0 Å². The molecular weight excluding hydrogens is 404 g/mol. The van der Waals surface area contributed by atoms with Crippen LogP contribution >= 0.6 is 11.3 Å². The lowest BCUT2D eigenvalue weighted by Gasteiger charge is -2.07. The molecule has 2 aromatic carbocycles. The summed E-state index contributed by atoms with van der Waals surface area (Å²) in [5, 5.41) is 16.4. The van der Waals surface area contributed by atoms with Crippen molar-refractivity contribution in [3.63, 3.8) is 0 Å². The number of ether oxygens (including phenoxy) is 2. The number of hydrogen-bond acceptors (Lipinski definition) is 7. The van der Waals surface area contributed by atoms with Crippen LogP contribution in [0.2, 0.25) is 0 Å². The van der Waals surface area contributed by atoms with Crippen LogP contribution in [0.25, 0.3) is 11.3 Å². The average Bonchev–Trinajstić information content (AvgIpc) is 3.15. The Bertz CT molecular complexity index is 1120. The minimum absolute atomic E-state index is 0.0438. The van der Waals surface area contributed by atoms with E-state index in [4.69, 9.17) is 15.2 Å². The second-order valence-corrected chi connectivity index (χ2v) is 7.04. The summed E-state index contributed by atoms with van der Waals surface area (Å²) < 4.78 is 11.9. The molecule has 0 spiro atoms. The molecule has 0 atom stereocenters. The largest absolute Gasteiger partial charge is 0.507 e. The van der Waals surface area contributed by atoms with Crippen LogP contribution in [0.1, 0.15) is 15.9 Å². The van der Waals surface area contributed by atoms with E-state index in [2.05, 4.69) is 10.1 Å². The van der Waals surface area contributed by atoms with Gasteiger partial charge in [0.05, 0.1) is 37.7 Å². The number of nitrogens with zero attached hydrogens (tertiary/aromatic N) is 3. The molecule has 156 valence electrons. The fraction of sp³-hybridized carbons (Fsp3) is 0.190. The van der Waals surface area contributed by atoms with Crippen molar-refractivity contribution in [2.45, 2.75) is 0 Å². The summed E-state index contributed by atoms with van der Waals surface area (Å²) in [6.07, 6.45) is 1.71. The van der Waals surface area contributed by atoms with Crippen molar-refractivity contribution in [3.8, 4) is 22.8 Å². The summed E-state index contributed by atoms with van der Waals surface area (Å²) in [7, 11) is 3.23. The van der Waals surface area contributed by atoms with E-state index in [1.807, 2.05) is 29.6 Å². The number of nitrogens with two attached hydrogens (primary N) is 1. The van der Waals surface area contributed by atoms with Gasteiger partial charge in [-0.25, -0.2) is 4.68 Å². The van der Waals surface area contributed by atoms with Crippen molar-refractivity contribution in [1.29, 1.82) is 0 Å². The molecule has 0 saturated carbocycles. The number of amides is 1. The number of rotatable bonds is 8. The predicted molar refractivity (Wildman–Crippen MR) is 116 cm³/mol. The second kappa shape index (κ2) is 9.86. The molecule has 0 radical (unpaired) electrons. The maximum atomic E-state index is 11.6. The molecule has 0 saturated heterocycles. The number of phenols is 1. The molecule has 9 heteroatoms. The van der Waals surface area contributed by atoms with Gasteiger partial charge >= 0.3 is 0 Å². The lowest BCUT2D eigenvalue weighted by Crippen LogP contribution is -2.14. The SMILES string of the molecule is COCCN=c1scc(-c2ccc(O)c(C(N)=O)c2)n1N=Cc1ccc(OC)cc1. The number of benzene rings is 2. The van der Waals surface area contributed by atoms with Gasteiger partial charge in [-0.15, -0.1) is 11.3 Å². The van der Waals surface area contributed by atoms with Crippen molar-refractivity contribution >= 4 is 23.5 Å². The average molecular weight is 426 g/mol. The molecule has 1 amide bonds. The highest BCUT2D eigenvalue weighted by Crippen LogP contribution is 2.26. The molecular formula is C21H22N4O4S. The molecule has 30 heavy (non-hydrogen) atoms. The number of carbonyl (C=O) groups excluding carboxylic acids is 1. The van der Waals surface area contributed by atoms with Crippen molar-refractivity contribution in [3.05, 3.63) is 63.8 Å². The number of hydrogen-bond donors (Lipinski definition) is 2. The Morgan fingerprint density at radius 1 is 1.23 bits per heavy atom. The van der Waals surface area contributed by atoms with Gasteiger partial charge in [-0.05, 0) is 48.0 Å². The van der Waals surface area contributed by atoms with Gasteiger partial charge in [0.2, 0.25) is 4.80 Å². The zero-order valence-corrected chi connectivity index (χ0v) is 17.4.